The number of benzene rings is 1. The summed E-state index contributed by atoms with van der Waals surface area (Å²) in [4.78, 5) is 26.9. The number of anilines is 1. The van der Waals surface area contributed by atoms with Gasteiger partial charge >= 0.3 is 6.18 Å². The molecule has 2 heterocycles. The first kappa shape index (κ1) is 19.3. The quantitative estimate of drug-likeness (QED) is 0.798. The van der Waals surface area contributed by atoms with Gasteiger partial charge in [0.15, 0.2) is 5.69 Å². The fourth-order valence-electron chi connectivity index (χ4n) is 3.75. The second kappa shape index (κ2) is 7.09. The lowest BCUT2D eigenvalue weighted by atomic mass is 9.86. The number of hydrogen-bond acceptors (Lipinski definition) is 4. The minimum atomic E-state index is -4.33. The third-order valence-corrected chi connectivity index (χ3v) is 5.39. The number of likely N-dealkylation sites (N-methyl/N-ethyl adjacent to an activating group) is 1. The van der Waals surface area contributed by atoms with Crippen LogP contribution >= 0.6 is 0 Å². The van der Waals surface area contributed by atoms with Crippen molar-refractivity contribution in [2.75, 3.05) is 18.6 Å². The molecule has 10 heteroatoms. The molecular weight excluding hydrogens is 389 g/mol. The van der Waals surface area contributed by atoms with E-state index in [1.807, 2.05) is 0 Å². The Morgan fingerprint density at radius 2 is 2.10 bits per heavy atom. The molecule has 0 unspecified atom stereocenters. The van der Waals surface area contributed by atoms with Gasteiger partial charge in [0.2, 0.25) is 0 Å². The fraction of sp³-hybridized carbons (Fsp3) is 0.421. The van der Waals surface area contributed by atoms with Gasteiger partial charge in [-0.2, -0.15) is 18.3 Å². The monoisotopic (exact) mass is 408 g/mol. The summed E-state index contributed by atoms with van der Waals surface area (Å²) < 4.78 is 45.0. The second-order valence-electron chi connectivity index (χ2n) is 7.21. The molecule has 0 spiro atoms. The fourth-order valence-corrected chi connectivity index (χ4v) is 3.75. The molecule has 2 aliphatic rings. The number of aromatic nitrogens is 2. The molecular formula is C19H19F3N4O3. The maximum atomic E-state index is 13.1. The standard InChI is InChI=1S/C19H19F3N4O3/c1-26-14-4-2-3-5-15(14)29-9-13(18(26)28)23-17(27)16-11-8-10(19(20,21)22)6-7-12(11)24-25-16/h2-5,10,13H,6-9H2,1H3,(H,23,27)(H,24,25)/t10-,13-/m0/s1. The molecule has 1 aromatic heterocycles. The number of carbonyl (C=O) groups is 2. The van der Waals surface area contributed by atoms with E-state index in [0.717, 1.165) is 0 Å². The summed E-state index contributed by atoms with van der Waals surface area (Å²) in [5.74, 6) is -2.10. The van der Waals surface area contributed by atoms with Gasteiger partial charge in [0.1, 0.15) is 18.4 Å². The molecule has 1 aliphatic heterocycles. The van der Waals surface area contributed by atoms with Crippen LogP contribution in [0.15, 0.2) is 24.3 Å². The summed E-state index contributed by atoms with van der Waals surface area (Å²) >= 11 is 0. The number of aromatic amines is 1. The first-order valence-corrected chi connectivity index (χ1v) is 9.18. The van der Waals surface area contributed by atoms with Crippen LogP contribution in [0.4, 0.5) is 18.9 Å². The highest BCUT2D eigenvalue weighted by Crippen LogP contribution is 2.37. The molecule has 2 amide bonds. The predicted octanol–water partition coefficient (Wildman–Crippen LogP) is 2.23. The Balaban J connectivity index is 1.53. The summed E-state index contributed by atoms with van der Waals surface area (Å²) in [6, 6.07) is 5.97. The maximum absolute atomic E-state index is 13.1. The lowest BCUT2D eigenvalue weighted by Crippen LogP contribution is -2.49. The number of nitrogens with one attached hydrogen (secondary N) is 2. The van der Waals surface area contributed by atoms with E-state index >= 15 is 0 Å². The van der Waals surface area contributed by atoms with Gasteiger partial charge in [-0.25, -0.2) is 0 Å². The van der Waals surface area contributed by atoms with E-state index in [9.17, 15) is 22.8 Å². The van der Waals surface area contributed by atoms with Crippen molar-refractivity contribution < 1.29 is 27.5 Å². The number of nitrogens with zero attached hydrogens (tertiary/aromatic N) is 2. The van der Waals surface area contributed by atoms with Gasteiger partial charge < -0.3 is 15.0 Å². The summed E-state index contributed by atoms with van der Waals surface area (Å²) in [6.45, 7) is -0.0935. The van der Waals surface area contributed by atoms with Crippen LogP contribution in [0.1, 0.15) is 28.2 Å². The number of alkyl halides is 3. The molecule has 29 heavy (non-hydrogen) atoms. The zero-order valence-electron chi connectivity index (χ0n) is 15.5. The third-order valence-electron chi connectivity index (χ3n) is 5.39. The molecule has 2 atom stereocenters. The van der Waals surface area contributed by atoms with Crippen molar-refractivity contribution in [1.82, 2.24) is 15.5 Å². The number of carbonyl (C=O) groups excluding carboxylic acids is 2. The Hall–Kier alpha value is -3.04. The number of para-hydroxylation sites is 2. The second-order valence-corrected chi connectivity index (χ2v) is 7.21. The summed E-state index contributed by atoms with van der Waals surface area (Å²) in [6.07, 6.45) is -4.51. The highest BCUT2D eigenvalue weighted by molar-refractivity contribution is 6.03. The Bertz CT molecular complexity index is 956. The smallest absolute Gasteiger partial charge is 0.392 e. The van der Waals surface area contributed by atoms with Gasteiger partial charge in [-0.3, -0.25) is 14.7 Å². The van der Waals surface area contributed by atoms with Gasteiger partial charge in [-0.1, -0.05) is 12.1 Å². The van der Waals surface area contributed by atoms with Crippen LogP contribution in [0.25, 0.3) is 0 Å². The van der Waals surface area contributed by atoms with E-state index in [4.69, 9.17) is 4.74 Å². The Morgan fingerprint density at radius 1 is 1.34 bits per heavy atom. The van der Waals surface area contributed by atoms with E-state index in [1.54, 1.807) is 31.3 Å². The predicted molar refractivity (Wildman–Crippen MR) is 96.8 cm³/mol. The van der Waals surface area contributed by atoms with Crippen molar-refractivity contribution in [1.29, 1.82) is 0 Å². The molecule has 1 aromatic carbocycles. The summed E-state index contributed by atoms with van der Waals surface area (Å²) in [5, 5.41) is 9.14. The molecule has 0 saturated carbocycles. The number of fused-ring (bicyclic) bond motifs is 2. The van der Waals surface area contributed by atoms with E-state index in [-0.39, 0.29) is 43.0 Å². The number of hydrogen-bond donors (Lipinski definition) is 2. The zero-order chi connectivity index (χ0) is 20.8. The lowest BCUT2D eigenvalue weighted by molar-refractivity contribution is -0.177. The van der Waals surface area contributed by atoms with E-state index in [1.165, 1.54) is 4.90 Å². The molecule has 7 nitrogen and oxygen atoms in total. The van der Waals surface area contributed by atoms with Crippen molar-refractivity contribution in [3.63, 3.8) is 0 Å². The van der Waals surface area contributed by atoms with Gasteiger partial charge in [0.05, 0.1) is 11.6 Å². The van der Waals surface area contributed by atoms with Gasteiger partial charge in [0, 0.05) is 18.3 Å². The van der Waals surface area contributed by atoms with Crippen LogP contribution in [0.5, 0.6) is 5.75 Å². The number of H-pyrrole nitrogens is 1. The molecule has 4 rings (SSSR count). The molecule has 0 radical (unpaired) electrons. The number of amides is 2. The summed E-state index contributed by atoms with van der Waals surface area (Å²) in [7, 11) is 1.57. The zero-order valence-corrected chi connectivity index (χ0v) is 15.5. The first-order valence-electron chi connectivity index (χ1n) is 9.18. The Labute approximate surface area is 164 Å². The van der Waals surface area contributed by atoms with Crippen LogP contribution in [0.2, 0.25) is 0 Å². The van der Waals surface area contributed by atoms with Crippen LogP contribution in [0.3, 0.4) is 0 Å². The highest BCUT2D eigenvalue weighted by Gasteiger charge is 2.43. The highest BCUT2D eigenvalue weighted by atomic mass is 19.4. The van der Waals surface area contributed by atoms with E-state index in [0.29, 0.717) is 17.1 Å². The van der Waals surface area contributed by atoms with Crippen LogP contribution < -0.4 is 15.0 Å². The third kappa shape index (κ3) is 3.54. The largest absolute Gasteiger partial charge is 0.489 e. The van der Waals surface area contributed by atoms with Crippen LogP contribution in [-0.4, -0.2) is 47.9 Å². The average molecular weight is 408 g/mol. The van der Waals surface area contributed by atoms with Crippen molar-refractivity contribution >= 4 is 17.5 Å². The lowest BCUT2D eigenvalue weighted by Gasteiger charge is -2.24. The average Bonchev–Trinajstić information content (AvgIpc) is 3.08. The Kier molecular flexibility index (Phi) is 4.71. The topological polar surface area (TPSA) is 87.3 Å². The number of rotatable bonds is 2. The van der Waals surface area contributed by atoms with Crippen LogP contribution in [-0.2, 0) is 17.6 Å². The van der Waals surface area contributed by atoms with Crippen molar-refractivity contribution in [3.05, 3.63) is 41.2 Å². The van der Waals surface area contributed by atoms with Gasteiger partial charge in [-0.05, 0) is 31.4 Å². The SMILES string of the molecule is CN1C(=O)[C@@H](NC(=O)c2n[nH]c3c2C[C@@H](C(F)(F)F)CC3)COc2ccccc21. The summed E-state index contributed by atoms with van der Waals surface area (Å²) in [5.41, 5.74) is 1.25. The number of ether oxygens (including phenoxy) is 1. The minimum Gasteiger partial charge on any atom is -0.489 e. The normalized spacial score (nSPS) is 21.7. The van der Waals surface area contributed by atoms with E-state index in [2.05, 4.69) is 15.5 Å². The first-order chi connectivity index (χ1) is 13.8. The molecule has 154 valence electrons. The van der Waals surface area contributed by atoms with E-state index < -0.39 is 24.0 Å². The molecule has 2 N–H and O–H groups in total. The van der Waals surface area contributed by atoms with Crippen molar-refractivity contribution in [3.8, 4) is 5.75 Å². The maximum Gasteiger partial charge on any atom is 0.392 e. The van der Waals surface area contributed by atoms with Crippen molar-refractivity contribution in [2.24, 2.45) is 5.92 Å². The molecule has 0 bridgehead atoms. The molecule has 1 aliphatic carbocycles. The molecule has 0 fully saturated rings. The van der Waals surface area contributed by atoms with Gasteiger partial charge in [-0.15, -0.1) is 0 Å². The molecule has 2 aromatic rings. The minimum absolute atomic E-state index is 0.0439. The van der Waals surface area contributed by atoms with Crippen LogP contribution in [0, 0.1) is 5.92 Å². The Morgan fingerprint density at radius 3 is 2.86 bits per heavy atom. The number of aryl methyl sites for hydroxylation is 1. The molecule has 0 saturated heterocycles. The van der Waals surface area contributed by atoms with Gasteiger partial charge in [0.25, 0.3) is 11.8 Å². The number of halogens is 3. The van der Waals surface area contributed by atoms with Crippen molar-refractivity contribution in [2.45, 2.75) is 31.5 Å².